The standard InChI is InChI=1S/C15H14FNOS/c1-9-4-3-5-13(10(9)2)18-14-7-6-11(16)8-12(14)15(17)19/h3-8H,1-2H3,(H2,17,19). The van der Waals surface area contributed by atoms with Gasteiger partial charge in [0, 0.05) is 0 Å². The van der Waals surface area contributed by atoms with Crippen LogP contribution in [0.5, 0.6) is 11.5 Å². The number of hydrogen-bond acceptors (Lipinski definition) is 2. The summed E-state index contributed by atoms with van der Waals surface area (Å²) in [5.41, 5.74) is 8.14. The van der Waals surface area contributed by atoms with E-state index < -0.39 is 5.82 Å². The van der Waals surface area contributed by atoms with Gasteiger partial charge < -0.3 is 10.5 Å². The van der Waals surface area contributed by atoms with E-state index in [0.717, 1.165) is 11.1 Å². The molecular formula is C15H14FNOS. The monoisotopic (exact) mass is 275 g/mol. The molecule has 0 aliphatic carbocycles. The van der Waals surface area contributed by atoms with Gasteiger partial charge in [0.1, 0.15) is 22.3 Å². The van der Waals surface area contributed by atoms with Crippen LogP contribution in [0.4, 0.5) is 4.39 Å². The lowest BCUT2D eigenvalue weighted by atomic mass is 10.1. The number of ether oxygens (including phenoxy) is 1. The Hall–Kier alpha value is -1.94. The molecule has 0 radical (unpaired) electrons. The quantitative estimate of drug-likeness (QED) is 0.864. The minimum absolute atomic E-state index is 0.111. The molecule has 4 heteroatoms. The number of halogens is 1. The van der Waals surface area contributed by atoms with E-state index in [1.807, 2.05) is 32.0 Å². The van der Waals surface area contributed by atoms with E-state index in [2.05, 4.69) is 0 Å². The predicted molar refractivity (Wildman–Crippen MR) is 78.3 cm³/mol. The third-order valence-corrected chi connectivity index (χ3v) is 3.20. The first-order valence-corrected chi connectivity index (χ1v) is 6.23. The molecule has 0 heterocycles. The lowest BCUT2D eigenvalue weighted by Crippen LogP contribution is -2.11. The zero-order chi connectivity index (χ0) is 14.0. The number of thiocarbonyl (C=S) groups is 1. The smallest absolute Gasteiger partial charge is 0.137 e. The molecule has 2 N–H and O–H groups in total. The number of rotatable bonds is 3. The highest BCUT2D eigenvalue weighted by molar-refractivity contribution is 7.80. The second-order valence-corrected chi connectivity index (χ2v) is 4.74. The first-order valence-electron chi connectivity index (χ1n) is 5.82. The lowest BCUT2D eigenvalue weighted by Gasteiger charge is -2.13. The minimum atomic E-state index is -0.392. The third-order valence-electron chi connectivity index (χ3n) is 2.98. The van der Waals surface area contributed by atoms with Crippen LogP contribution in [-0.2, 0) is 0 Å². The average molecular weight is 275 g/mol. The van der Waals surface area contributed by atoms with Crippen molar-refractivity contribution in [1.82, 2.24) is 0 Å². The lowest BCUT2D eigenvalue weighted by molar-refractivity contribution is 0.475. The van der Waals surface area contributed by atoms with Gasteiger partial charge in [0.2, 0.25) is 0 Å². The van der Waals surface area contributed by atoms with E-state index in [-0.39, 0.29) is 4.99 Å². The molecule has 0 spiro atoms. The fourth-order valence-corrected chi connectivity index (χ4v) is 1.90. The molecule has 0 amide bonds. The van der Waals surface area contributed by atoms with Gasteiger partial charge in [-0.2, -0.15) is 0 Å². The normalized spacial score (nSPS) is 10.3. The zero-order valence-corrected chi connectivity index (χ0v) is 11.6. The topological polar surface area (TPSA) is 35.2 Å². The summed E-state index contributed by atoms with van der Waals surface area (Å²) < 4.78 is 19.0. The Balaban J connectivity index is 2.44. The van der Waals surface area contributed by atoms with Crippen molar-refractivity contribution in [3.8, 4) is 11.5 Å². The molecule has 2 nitrogen and oxygen atoms in total. The van der Waals surface area contributed by atoms with Crippen LogP contribution in [0.25, 0.3) is 0 Å². The SMILES string of the molecule is Cc1cccc(Oc2ccc(F)cc2C(N)=S)c1C. The fourth-order valence-electron chi connectivity index (χ4n) is 1.74. The molecule has 0 atom stereocenters. The van der Waals surface area contributed by atoms with Gasteiger partial charge >= 0.3 is 0 Å². The molecule has 2 rings (SSSR count). The molecule has 2 aromatic carbocycles. The second-order valence-electron chi connectivity index (χ2n) is 4.30. The molecule has 0 aliphatic rings. The van der Waals surface area contributed by atoms with E-state index in [9.17, 15) is 4.39 Å². The largest absolute Gasteiger partial charge is 0.456 e. The summed E-state index contributed by atoms with van der Waals surface area (Å²) in [5.74, 6) is 0.780. The number of aryl methyl sites for hydroxylation is 1. The van der Waals surface area contributed by atoms with Crippen molar-refractivity contribution < 1.29 is 9.13 Å². The summed E-state index contributed by atoms with van der Waals surface area (Å²) in [6.07, 6.45) is 0. The Kier molecular flexibility index (Phi) is 3.81. The molecule has 98 valence electrons. The maximum absolute atomic E-state index is 13.2. The fraction of sp³-hybridized carbons (Fsp3) is 0.133. The summed E-state index contributed by atoms with van der Waals surface area (Å²) in [4.78, 5) is 0.111. The van der Waals surface area contributed by atoms with Crippen LogP contribution in [0.15, 0.2) is 36.4 Å². The highest BCUT2D eigenvalue weighted by atomic mass is 32.1. The van der Waals surface area contributed by atoms with Crippen molar-refractivity contribution in [2.75, 3.05) is 0 Å². The summed E-state index contributed by atoms with van der Waals surface area (Å²) in [7, 11) is 0. The van der Waals surface area contributed by atoms with Crippen LogP contribution in [-0.4, -0.2) is 4.99 Å². The zero-order valence-electron chi connectivity index (χ0n) is 10.7. The molecular weight excluding hydrogens is 261 g/mol. The van der Waals surface area contributed by atoms with E-state index in [4.69, 9.17) is 22.7 Å². The third kappa shape index (κ3) is 2.90. The van der Waals surface area contributed by atoms with Crippen molar-refractivity contribution in [1.29, 1.82) is 0 Å². The second kappa shape index (κ2) is 5.36. The molecule has 0 bridgehead atoms. The maximum Gasteiger partial charge on any atom is 0.137 e. The van der Waals surface area contributed by atoms with Crippen LogP contribution in [0.1, 0.15) is 16.7 Å². The molecule has 0 fully saturated rings. The van der Waals surface area contributed by atoms with E-state index in [1.54, 1.807) is 0 Å². The highest BCUT2D eigenvalue weighted by Gasteiger charge is 2.11. The minimum Gasteiger partial charge on any atom is -0.456 e. The van der Waals surface area contributed by atoms with Gasteiger partial charge in [0.15, 0.2) is 0 Å². The van der Waals surface area contributed by atoms with Gasteiger partial charge in [-0.3, -0.25) is 0 Å². The first kappa shape index (κ1) is 13.5. The van der Waals surface area contributed by atoms with Gasteiger partial charge in [-0.25, -0.2) is 4.39 Å². The van der Waals surface area contributed by atoms with Crippen LogP contribution < -0.4 is 10.5 Å². The van der Waals surface area contributed by atoms with Crippen LogP contribution >= 0.6 is 12.2 Å². The average Bonchev–Trinajstić information content (AvgIpc) is 2.36. The Bertz CT molecular complexity index is 640. The molecule has 2 aromatic rings. The number of nitrogens with two attached hydrogens (primary N) is 1. The van der Waals surface area contributed by atoms with E-state index >= 15 is 0 Å². The van der Waals surface area contributed by atoms with E-state index in [0.29, 0.717) is 17.1 Å². The van der Waals surface area contributed by atoms with Crippen LogP contribution in [0, 0.1) is 19.7 Å². The van der Waals surface area contributed by atoms with Gasteiger partial charge in [0.25, 0.3) is 0 Å². The van der Waals surface area contributed by atoms with Gasteiger partial charge in [0.05, 0.1) is 5.56 Å². The predicted octanol–water partition coefficient (Wildman–Crippen LogP) is 3.87. The Labute approximate surface area is 117 Å². The summed E-state index contributed by atoms with van der Waals surface area (Å²) >= 11 is 4.92. The molecule has 0 aliphatic heterocycles. The van der Waals surface area contributed by atoms with Crippen molar-refractivity contribution in [3.05, 3.63) is 58.9 Å². The number of benzene rings is 2. The van der Waals surface area contributed by atoms with E-state index in [1.165, 1.54) is 18.2 Å². The molecule has 19 heavy (non-hydrogen) atoms. The summed E-state index contributed by atoms with van der Waals surface area (Å²) in [6, 6.07) is 9.90. The summed E-state index contributed by atoms with van der Waals surface area (Å²) in [6.45, 7) is 3.97. The first-order chi connectivity index (χ1) is 8.99. The highest BCUT2D eigenvalue weighted by Crippen LogP contribution is 2.29. The molecule has 0 saturated carbocycles. The van der Waals surface area contributed by atoms with Crippen molar-refractivity contribution in [2.45, 2.75) is 13.8 Å². The van der Waals surface area contributed by atoms with Gasteiger partial charge in [-0.1, -0.05) is 24.4 Å². The van der Waals surface area contributed by atoms with Crippen LogP contribution in [0.3, 0.4) is 0 Å². The molecule has 0 aromatic heterocycles. The van der Waals surface area contributed by atoms with Crippen molar-refractivity contribution in [2.24, 2.45) is 5.73 Å². The maximum atomic E-state index is 13.2. The Morgan fingerprint density at radius 2 is 1.89 bits per heavy atom. The molecule has 0 saturated heterocycles. The van der Waals surface area contributed by atoms with Gasteiger partial charge in [-0.05, 0) is 49.2 Å². The molecule has 0 unspecified atom stereocenters. The van der Waals surface area contributed by atoms with Gasteiger partial charge in [-0.15, -0.1) is 0 Å². The van der Waals surface area contributed by atoms with Crippen molar-refractivity contribution >= 4 is 17.2 Å². The van der Waals surface area contributed by atoms with Crippen LogP contribution in [0.2, 0.25) is 0 Å². The summed E-state index contributed by atoms with van der Waals surface area (Å²) in [5, 5.41) is 0. The van der Waals surface area contributed by atoms with Crippen molar-refractivity contribution in [3.63, 3.8) is 0 Å². The number of hydrogen-bond donors (Lipinski definition) is 1. The Morgan fingerprint density at radius 1 is 1.16 bits per heavy atom. The Morgan fingerprint density at radius 3 is 2.58 bits per heavy atom.